The van der Waals surface area contributed by atoms with Gasteiger partial charge in [0, 0.05) is 38.8 Å². The van der Waals surface area contributed by atoms with Crippen LogP contribution in [0.25, 0.3) is 0 Å². The van der Waals surface area contributed by atoms with Crippen LogP contribution in [0.5, 0.6) is 0 Å². The number of hydrogen-bond donors (Lipinski definition) is 1. The number of nitrogens with one attached hydrogen (secondary N) is 1. The summed E-state index contributed by atoms with van der Waals surface area (Å²) in [7, 11) is 1.62. The van der Waals surface area contributed by atoms with Gasteiger partial charge in [0.05, 0.1) is 17.4 Å². The van der Waals surface area contributed by atoms with Crippen molar-refractivity contribution < 1.29 is 23.9 Å². The van der Waals surface area contributed by atoms with Crippen molar-refractivity contribution in [2.24, 2.45) is 11.8 Å². The summed E-state index contributed by atoms with van der Waals surface area (Å²) in [6.45, 7) is 10.1. The van der Waals surface area contributed by atoms with Crippen LogP contribution in [0.3, 0.4) is 0 Å². The van der Waals surface area contributed by atoms with Gasteiger partial charge in [0.1, 0.15) is 17.7 Å². The minimum atomic E-state index is -0.989. The maximum atomic E-state index is 14.1. The van der Waals surface area contributed by atoms with Crippen molar-refractivity contribution in [3.05, 3.63) is 29.8 Å². The first-order chi connectivity index (χ1) is 18.3. The van der Waals surface area contributed by atoms with E-state index in [4.69, 9.17) is 4.74 Å². The van der Waals surface area contributed by atoms with Crippen molar-refractivity contribution in [2.45, 2.75) is 77.0 Å². The van der Waals surface area contributed by atoms with Crippen LogP contribution in [0.15, 0.2) is 24.3 Å². The van der Waals surface area contributed by atoms with E-state index in [9.17, 15) is 24.4 Å². The molecule has 2 fully saturated rings. The second-order valence-corrected chi connectivity index (χ2v) is 12.4. The van der Waals surface area contributed by atoms with E-state index in [1.807, 2.05) is 38.1 Å². The molecular weight excluding hydrogens is 498 g/mol. The zero-order chi connectivity index (χ0) is 28.7. The molecule has 1 aromatic carbocycles. The number of anilines is 1. The van der Waals surface area contributed by atoms with Gasteiger partial charge in [-0.2, -0.15) is 5.26 Å². The summed E-state index contributed by atoms with van der Waals surface area (Å²) in [5.41, 5.74) is -0.123. The van der Waals surface area contributed by atoms with Crippen molar-refractivity contribution in [1.29, 1.82) is 5.26 Å². The first kappa shape index (κ1) is 28.4. The molecule has 0 aromatic heterocycles. The first-order valence-electron chi connectivity index (χ1n) is 13.6. The van der Waals surface area contributed by atoms with Gasteiger partial charge in [-0.3, -0.25) is 14.4 Å². The molecule has 10 heteroatoms. The number of nitrogens with zero attached hydrogens (tertiary/aromatic N) is 4. The van der Waals surface area contributed by atoms with Crippen LogP contribution in [-0.4, -0.2) is 82.9 Å². The Bertz CT molecular complexity index is 1200. The fourth-order valence-electron chi connectivity index (χ4n) is 5.94. The fourth-order valence-corrected chi connectivity index (χ4v) is 5.94. The van der Waals surface area contributed by atoms with Crippen LogP contribution in [0.2, 0.25) is 0 Å². The number of ether oxygens (including phenoxy) is 1. The number of rotatable bonds is 5. The number of likely N-dealkylation sites (N-methyl/N-ethyl adjacent to an activating group) is 1. The monoisotopic (exact) mass is 537 g/mol. The second-order valence-electron chi connectivity index (χ2n) is 12.4. The molecule has 0 radical (unpaired) electrons. The number of carbonyl (C=O) groups excluding carboxylic acids is 4. The number of hydrogen-bond acceptors (Lipinski definition) is 6. The SMILES string of the molecule is CC(C)C[C@@H](C(=O)N1C[C@]2(C[C@H]1C#N)C(=O)Nc1ccccc12)N(C)C(=O)[C@@H]1CCN(C(=O)OC(C)(C)C)C1. The maximum Gasteiger partial charge on any atom is 0.410 e. The van der Waals surface area contributed by atoms with E-state index >= 15 is 0 Å². The number of benzene rings is 1. The van der Waals surface area contributed by atoms with Crippen molar-refractivity contribution >= 4 is 29.5 Å². The molecule has 210 valence electrons. The summed E-state index contributed by atoms with van der Waals surface area (Å²) < 4.78 is 5.46. The van der Waals surface area contributed by atoms with Crippen molar-refractivity contribution in [3.63, 3.8) is 0 Å². The molecule has 10 nitrogen and oxygen atoms in total. The van der Waals surface area contributed by atoms with Crippen LogP contribution >= 0.6 is 0 Å². The number of fused-ring (bicyclic) bond motifs is 2. The Kier molecular flexibility index (Phi) is 7.66. The summed E-state index contributed by atoms with van der Waals surface area (Å²) in [6.07, 6.45) is 0.644. The van der Waals surface area contributed by atoms with Gasteiger partial charge in [0.25, 0.3) is 0 Å². The molecule has 3 aliphatic heterocycles. The van der Waals surface area contributed by atoms with Crippen LogP contribution in [-0.2, 0) is 24.5 Å². The van der Waals surface area contributed by atoms with E-state index < -0.39 is 35.1 Å². The van der Waals surface area contributed by atoms with Crippen LogP contribution < -0.4 is 5.32 Å². The molecule has 1 aromatic rings. The molecule has 4 amide bonds. The molecule has 0 bridgehead atoms. The van der Waals surface area contributed by atoms with E-state index in [2.05, 4.69) is 11.4 Å². The number of likely N-dealkylation sites (tertiary alicyclic amines) is 2. The number of para-hydroxylation sites is 1. The summed E-state index contributed by atoms with van der Waals surface area (Å²) in [5, 5.41) is 12.9. The van der Waals surface area contributed by atoms with E-state index in [0.717, 1.165) is 5.56 Å². The Balaban J connectivity index is 1.53. The largest absolute Gasteiger partial charge is 0.444 e. The zero-order valence-corrected chi connectivity index (χ0v) is 23.7. The lowest BCUT2D eigenvalue weighted by molar-refractivity contribution is -0.147. The van der Waals surface area contributed by atoms with Gasteiger partial charge in [-0.25, -0.2) is 4.79 Å². The third-order valence-corrected chi connectivity index (χ3v) is 7.90. The maximum absolute atomic E-state index is 14.1. The number of amides is 4. The molecule has 4 rings (SSSR count). The Morgan fingerprint density at radius 3 is 2.59 bits per heavy atom. The molecule has 39 heavy (non-hydrogen) atoms. The highest BCUT2D eigenvalue weighted by molar-refractivity contribution is 6.07. The van der Waals surface area contributed by atoms with Gasteiger partial charge in [-0.15, -0.1) is 0 Å². The lowest BCUT2D eigenvalue weighted by Gasteiger charge is -2.34. The topological polar surface area (TPSA) is 123 Å². The predicted octanol–water partition coefficient (Wildman–Crippen LogP) is 3.13. The van der Waals surface area contributed by atoms with Crippen molar-refractivity contribution in [1.82, 2.24) is 14.7 Å². The highest BCUT2D eigenvalue weighted by Crippen LogP contribution is 2.46. The Hall–Kier alpha value is -3.61. The lowest BCUT2D eigenvalue weighted by atomic mass is 9.80. The van der Waals surface area contributed by atoms with Gasteiger partial charge in [-0.05, 0) is 51.2 Å². The van der Waals surface area contributed by atoms with Gasteiger partial charge < -0.3 is 24.8 Å². The Morgan fingerprint density at radius 1 is 1.26 bits per heavy atom. The smallest absolute Gasteiger partial charge is 0.410 e. The number of carbonyl (C=O) groups is 4. The third-order valence-electron chi connectivity index (χ3n) is 7.90. The van der Waals surface area contributed by atoms with Crippen LogP contribution in [0.4, 0.5) is 10.5 Å². The molecule has 0 aliphatic carbocycles. The quantitative estimate of drug-likeness (QED) is 0.616. The first-order valence-corrected chi connectivity index (χ1v) is 13.6. The van der Waals surface area contributed by atoms with E-state index in [-0.39, 0.29) is 43.1 Å². The van der Waals surface area contributed by atoms with Crippen molar-refractivity contribution in [3.8, 4) is 6.07 Å². The Morgan fingerprint density at radius 2 is 1.95 bits per heavy atom. The predicted molar refractivity (Wildman–Crippen MR) is 144 cm³/mol. The zero-order valence-electron chi connectivity index (χ0n) is 23.7. The molecule has 3 heterocycles. The molecule has 4 atom stereocenters. The summed E-state index contributed by atoms with van der Waals surface area (Å²) in [5.74, 6) is -1.11. The third kappa shape index (κ3) is 5.45. The van der Waals surface area contributed by atoms with E-state index in [1.165, 1.54) is 14.7 Å². The lowest BCUT2D eigenvalue weighted by Crippen LogP contribution is -2.53. The average Bonchev–Trinajstić information content (AvgIpc) is 3.57. The van der Waals surface area contributed by atoms with Gasteiger partial charge in [-0.1, -0.05) is 32.0 Å². The Labute approximate surface area is 230 Å². The highest BCUT2D eigenvalue weighted by atomic mass is 16.6. The molecule has 2 saturated heterocycles. The van der Waals surface area contributed by atoms with E-state index in [1.54, 1.807) is 27.8 Å². The van der Waals surface area contributed by atoms with Gasteiger partial charge in [0.2, 0.25) is 17.7 Å². The van der Waals surface area contributed by atoms with Crippen molar-refractivity contribution in [2.75, 3.05) is 32.0 Å². The molecule has 3 aliphatic rings. The standard InChI is InChI=1S/C29H39N5O5/c1-18(2)13-23(32(6)24(35)19-11-12-33(16-19)27(38)39-28(3,4)5)25(36)34-17-29(14-20(34)15-30)21-9-7-8-10-22(21)31-26(29)37/h7-10,18-20,23H,11-14,16-17H2,1-6H3,(H,31,37)/t19-,20+,23+,29+/m1/s1. The molecule has 1 N–H and O–H groups in total. The summed E-state index contributed by atoms with van der Waals surface area (Å²) in [4.78, 5) is 57.8. The molecule has 0 saturated carbocycles. The number of nitriles is 1. The fraction of sp³-hybridized carbons (Fsp3) is 0.621. The summed E-state index contributed by atoms with van der Waals surface area (Å²) in [6, 6.07) is 8.03. The normalized spacial score (nSPS) is 24.9. The second kappa shape index (κ2) is 10.5. The minimum absolute atomic E-state index is 0.0827. The average molecular weight is 538 g/mol. The molecule has 1 spiro atoms. The minimum Gasteiger partial charge on any atom is -0.444 e. The van der Waals surface area contributed by atoms with Crippen LogP contribution in [0, 0.1) is 23.2 Å². The van der Waals surface area contributed by atoms with E-state index in [0.29, 0.717) is 25.1 Å². The van der Waals surface area contributed by atoms with Gasteiger partial charge in [0.15, 0.2) is 0 Å². The summed E-state index contributed by atoms with van der Waals surface area (Å²) >= 11 is 0. The van der Waals surface area contributed by atoms with Gasteiger partial charge >= 0.3 is 6.09 Å². The van der Waals surface area contributed by atoms with Crippen LogP contribution in [0.1, 0.15) is 59.4 Å². The molecular formula is C29H39N5O5. The highest BCUT2D eigenvalue weighted by Gasteiger charge is 2.56. The molecule has 0 unspecified atom stereocenters.